The van der Waals surface area contributed by atoms with Gasteiger partial charge in [0.25, 0.3) is 0 Å². The second-order valence-electron chi connectivity index (χ2n) is 8.69. The van der Waals surface area contributed by atoms with E-state index in [1.54, 1.807) is 4.40 Å². The van der Waals surface area contributed by atoms with Crippen molar-refractivity contribution in [2.45, 2.75) is 52.7 Å². The Morgan fingerprint density at radius 1 is 1.27 bits per heavy atom. The summed E-state index contributed by atoms with van der Waals surface area (Å²) in [5.41, 5.74) is 2.64. The lowest BCUT2D eigenvalue weighted by atomic mass is 9.95. The van der Waals surface area contributed by atoms with Gasteiger partial charge in [0.1, 0.15) is 5.60 Å². The van der Waals surface area contributed by atoms with Gasteiger partial charge in [-0.1, -0.05) is 12.1 Å². The Hall–Kier alpha value is -3.16. The SMILES string of the molecule is Cc1ccc2cc(C)c3nn(CCNC(=O)CC4CC(C)(C)OC4=O)c(=O)n3c2c1. The summed E-state index contributed by atoms with van der Waals surface area (Å²) in [5.74, 6) is -0.983. The molecule has 1 unspecified atom stereocenters. The minimum absolute atomic E-state index is 0.0886. The Bertz CT molecular complexity index is 1220. The zero-order chi connectivity index (χ0) is 21.6. The first kappa shape index (κ1) is 20.1. The van der Waals surface area contributed by atoms with E-state index < -0.39 is 11.5 Å². The van der Waals surface area contributed by atoms with Crippen LogP contribution in [0.1, 0.15) is 37.8 Å². The maximum absolute atomic E-state index is 13.0. The lowest BCUT2D eigenvalue weighted by Crippen LogP contribution is -2.32. The molecule has 158 valence electrons. The highest BCUT2D eigenvalue weighted by atomic mass is 16.6. The number of carbonyl (C=O) groups is 2. The van der Waals surface area contributed by atoms with Crippen LogP contribution in [0.25, 0.3) is 16.6 Å². The fourth-order valence-electron chi connectivity index (χ4n) is 4.12. The van der Waals surface area contributed by atoms with Crippen molar-refractivity contribution in [3.8, 4) is 0 Å². The molecule has 30 heavy (non-hydrogen) atoms. The molecule has 1 aliphatic rings. The molecule has 1 aromatic carbocycles. The topological polar surface area (TPSA) is 94.7 Å². The molecule has 2 aromatic heterocycles. The predicted molar refractivity (Wildman–Crippen MR) is 112 cm³/mol. The first-order chi connectivity index (χ1) is 14.1. The minimum atomic E-state index is -0.523. The molecule has 0 aliphatic carbocycles. The van der Waals surface area contributed by atoms with E-state index in [0.29, 0.717) is 12.1 Å². The lowest BCUT2D eigenvalue weighted by molar-refractivity contribution is -0.149. The molecule has 1 amide bonds. The molecule has 8 nitrogen and oxygen atoms in total. The van der Waals surface area contributed by atoms with Gasteiger partial charge in [0, 0.05) is 19.4 Å². The van der Waals surface area contributed by atoms with Crippen molar-refractivity contribution in [2.75, 3.05) is 6.54 Å². The van der Waals surface area contributed by atoms with Crippen molar-refractivity contribution < 1.29 is 14.3 Å². The van der Waals surface area contributed by atoms with E-state index in [0.717, 1.165) is 22.0 Å². The number of fused-ring (bicyclic) bond motifs is 3. The fourth-order valence-corrected chi connectivity index (χ4v) is 4.12. The van der Waals surface area contributed by atoms with Gasteiger partial charge in [-0.15, -0.1) is 5.10 Å². The summed E-state index contributed by atoms with van der Waals surface area (Å²) < 4.78 is 8.26. The van der Waals surface area contributed by atoms with Gasteiger partial charge in [-0.05, 0) is 56.3 Å². The summed E-state index contributed by atoms with van der Waals surface area (Å²) >= 11 is 0. The van der Waals surface area contributed by atoms with E-state index in [2.05, 4.69) is 10.4 Å². The lowest BCUT2D eigenvalue weighted by Gasteiger charge is -2.14. The third kappa shape index (κ3) is 3.69. The van der Waals surface area contributed by atoms with Crippen molar-refractivity contribution in [1.29, 1.82) is 0 Å². The third-order valence-electron chi connectivity index (χ3n) is 5.52. The van der Waals surface area contributed by atoms with Gasteiger partial charge in [0.2, 0.25) is 5.91 Å². The number of hydrogen-bond acceptors (Lipinski definition) is 5. The largest absolute Gasteiger partial charge is 0.459 e. The van der Waals surface area contributed by atoms with Crippen molar-refractivity contribution in [3.63, 3.8) is 0 Å². The molecule has 4 rings (SSSR count). The maximum atomic E-state index is 13.0. The number of amides is 1. The van der Waals surface area contributed by atoms with Crippen molar-refractivity contribution >= 4 is 28.4 Å². The summed E-state index contributed by atoms with van der Waals surface area (Å²) in [4.78, 5) is 37.1. The summed E-state index contributed by atoms with van der Waals surface area (Å²) in [5, 5.41) is 8.23. The van der Waals surface area contributed by atoms with Crippen LogP contribution in [0.5, 0.6) is 0 Å². The summed E-state index contributed by atoms with van der Waals surface area (Å²) in [6.45, 7) is 8.09. The highest BCUT2D eigenvalue weighted by molar-refractivity contribution is 5.85. The van der Waals surface area contributed by atoms with E-state index in [-0.39, 0.29) is 37.1 Å². The molecule has 0 radical (unpaired) electrons. The number of rotatable bonds is 5. The van der Waals surface area contributed by atoms with Crippen LogP contribution in [0.3, 0.4) is 0 Å². The molecule has 8 heteroatoms. The van der Waals surface area contributed by atoms with Gasteiger partial charge in [0.05, 0.1) is 18.0 Å². The van der Waals surface area contributed by atoms with Gasteiger partial charge in [0.15, 0.2) is 5.65 Å². The minimum Gasteiger partial charge on any atom is -0.459 e. The molecular weight excluding hydrogens is 384 g/mol. The number of hydrogen-bond donors (Lipinski definition) is 1. The Labute approximate surface area is 173 Å². The number of benzene rings is 1. The van der Waals surface area contributed by atoms with Gasteiger partial charge in [-0.3, -0.25) is 9.59 Å². The van der Waals surface area contributed by atoms with Crippen LogP contribution in [0.2, 0.25) is 0 Å². The number of aryl methyl sites for hydroxylation is 2. The smallest absolute Gasteiger partial charge is 0.350 e. The van der Waals surface area contributed by atoms with Gasteiger partial charge in [-0.2, -0.15) is 0 Å². The number of esters is 1. The first-order valence-electron chi connectivity index (χ1n) is 10.1. The zero-order valence-corrected chi connectivity index (χ0v) is 17.7. The molecule has 1 fully saturated rings. The number of aromatic nitrogens is 3. The summed E-state index contributed by atoms with van der Waals surface area (Å²) in [6.07, 6.45) is 0.613. The van der Waals surface area contributed by atoms with E-state index in [1.807, 2.05) is 52.0 Å². The quantitative estimate of drug-likeness (QED) is 0.650. The number of nitrogens with one attached hydrogen (secondary N) is 1. The number of carbonyl (C=O) groups excluding carboxylic acids is 2. The Morgan fingerprint density at radius 3 is 2.73 bits per heavy atom. The van der Waals surface area contributed by atoms with Crippen molar-refractivity contribution in [2.24, 2.45) is 5.92 Å². The van der Waals surface area contributed by atoms with E-state index in [1.165, 1.54) is 4.68 Å². The van der Waals surface area contributed by atoms with Gasteiger partial charge < -0.3 is 10.1 Å². The molecule has 1 N–H and O–H groups in total. The Kier molecular flexibility index (Phi) is 4.88. The number of pyridine rings is 1. The van der Waals surface area contributed by atoms with E-state index >= 15 is 0 Å². The van der Waals surface area contributed by atoms with Crippen LogP contribution in [-0.2, 0) is 20.9 Å². The van der Waals surface area contributed by atoms with Crippen LogP contribution in [-0.4, -0.2) is 38.2 Å². The highest BCUT2D eigenvalue weighted by Gasteiger charge is 2.40. The van der Waals surface area contributed by atoms with E-state index in [4.69, 9.17) is 4.74 Å². The molecule has 3 heterocycles. The van der Waals surface area contributed by atoms with Crippen LogP contribution in [0, 0.1) is 19.8 Å². The zero-order valence-electron chi connectivity index (χ0n) is 17.7. The highest BCUT2D eigenvalue weighted by Crippen LogP contribution is 2.32. The normalized spacial score (nSPS) is 18.1. The first-order valence-corrected chi connectivity index (χ1v) is 10.1. The summed E-state index contributed by atoms with van der Waals surface area (Å²) in [6, 6.07) is 8.00. The predicted octanol–water partition coefficient (Wildman–Crippen LogP) is 2.11. The number of ether oxygens (including phenoxy) is 1. The standard InChI is InChI=1S/C22H26N4O4/c1-13-5-6-15-10-14(2)19-24-25(21(29)26(19)17(15)9-13)8-7-23-18(27)11-16-12-22(3,4)30-20(16)28/h5-6,9-10,16H,7-8,11-12H2,1-4H3,(H,23,27). The van der Waals surface area contributed by atoms with Crippen LogP contribution >= 0.6 is 0 Å². The maximum Gasteiger partial charge on any atom is 0.350 e. The average Bonchev–Trinajstić information content (AvgIpc) is 3.12. The molecule has 0 spiro atoms. The van der Waals surface area contributed by atoms with E-state index in [9.17, 15) is 14.4 Å². The fraction of sp³-hybridized carbons (Fsp3) is 0.455. The van der Waals surface area contributed by atoms with Crippen LogP contribution < -0.4 is 11.0 Å². The molecule has 1 aliphatic heterocycles. The molecular formula is C22H26N4O4. The Balaban J connectivity index is 1.48. The monoisotopic (exact) mass is 410 g/mol. The summed E-state index contributed by atoms with van der Waals surface area (Å²) in [7, 11) is 0. The third-order valence-corrected chi connectivity index (χ3v) is 5.52. The molecule has 0 bridgehead atoms. The molecule has 1 atom stereocenters. The van der Waals surface area contributed by atoms with Gasteiger partial charge in [-0.25, -0.2) is 13.9 Å². The van der Waals surface area contributed by atoms with Crippen molar-refractivity contribution in [3.05, 3.63) is 45.9 Å². The number of nitrogens with zero attached hydrogens (tertiary/aromatic N) is 3. The molecule has 3 aromatic rings. The molecule has 1 saturated heterocycles. The Morgan fingerprint density at radius 2 is 2.03 bits per heavy atom. The second-order valence-corrected chi connectivity index (χ2v) is 8.69. The van der Waals surface area contributed by atoms with Gasteiger partial charge >= 0.3 is 11.7 Å². The average molecular weight is 410 g/mol. The second kappa shape index (κ2) is 7.27. The molecule has 0 saturated carbocycles. The van der Waals surface area contributed by atoms with Crippen LogP contribution in [0.15, 0.2) is 29.1 Å². The van der Waals surface area contributed by atoms with Crippen LogP contribution in [0.4, 0.5) is 0 Å². The number of cyclic esters (lactones) is 1. The van der Waals surface area contributed by atoms with Crippen molar-refractivity contribution in [1.82, 2.24) is 19.5 Å².